The Bertz CT molecular complexity index is 767. The number of fused-ring (bicyclic) bond motifs is 1. The van der Waals surface area contributed by atoms with Crippen LogP contribution >= 0.6 is 0 Å². The fraction of sp³-hybridized carbons (Fsp3) is 0.278. The predicted molar refractivity (Wildman–Crippen MR) is 88.5 cm³/mol. The zero-order valence-electron chi connectivity index (χ0n) is 12.8. The Hall–Kier alpha value is -2.29. The third-order valence-corrected chi connectivity index (χ3v) is 3.92. The number of benzene rings is 2. The van der Waals surface area contributed by atoms with E-state index in [0.717, 1.165) is 17.6 Å². The fourth-order valence-electron chi connectivity index (χ4n) is 2.62. The number of nitrogens with zero attached hydrogens (tertiary/aromatic N) is 2. The first-order chi connectivity index (χ1) is 10.0. The SMILES string of the molecule is Cc1ccc2c(c1)nc(N)n2Cc1ccc(C(C)C)cc1. The molecule has 3 aromatic rings. The highest BCUT2D eigenvalue weighted by Crippen LogP contribution is 2.21. The minimum absolute atomic E-state index is 0.557. The molecule has 0 aliphatic rings. The summed E-state index contributed by atoms with van der Waals surface area (Å²) in [7, 11) is 0. The maximum absolute atomic E-state index is 6.08. The zero-order valence-corrected chi connectivity index (χ0v) is 12.8. The van der Waals surface area contributed by atoms with Crippen LogP contribution in [0, 0.1) is 6.92 Å². The van der Waals surface area contributed by atoms with Crippen LogP contribution < -0.4 is 5.73 Å². The number of nitrogens with two attached hydrogens (primary N) is 1. The summed E-state index contributed by atoms with van der Waals surface area (Å²) in [5, 5.41) is 0. The number of hydrogen-bond donors (Lipinski definition) is 1. The van der Waals surface area contributed by atoms with Crippen LogP contribution in [-0.4, -0.2) is 9.55 Å². The van der Waals surface area contributed by atoms with Crippen LogP contribution in [0.3, 0.4) is 0 Å². The van der Waals surface area contributed by atoms with Crippen molar-refractivity contribution in [2.24, 2.45) is 0 Å². The van der Waals surface area contributed by atoms with E-state index in [9.17, 15) is 0 Å². The fourth-order valence-corrected chi connectivity index (χ4v) is 2.62. The van der Waals surface area contributed by atoms with Gasteiger partial charge >= 0.3 is 0 Å². The maximum Gasteiger partial charge on any atom is 0.201 e. The minimum atomic E-state index is 0.557. The van der Waals surface area contributed by atoms with Crippen molar-refractivity contribution in [1.82, 2.24) is 9.55 Å². The largest absolute Gasteiger partial charge is 0.369 e. The van der Waals surface area contributed by atoms with Gasteiger partial charge in [-0.1, -0.05) is 44.2 Å². The Morgan fingerprint density at radius 2 is 1.81 bits per heavy atom. The first-order valence-electron chi connectivity index (χ1n) is 7.36. The zero-order chi connectivity index (χ0) is 15.0. The second-order valence-electron chi connectivity index (χ2n) is 5.94. The average molecular weight is 279 g/mol. The molecule has 0 radical (unpaired) electrons. The van der Waals surface area contributed by atoms with E-state index in [1.165, 1.54) is 16.7 Å². The van der Waals surface area contributed by atoms with Gasteiger partial charge in [0.15, 0.2) is 0 Å². The Balaban J connectivity index is 1.96. The van der Waals surface area contributed by atoms with Gasteiger partial charge in [-0.25, -0.2) is 4.98 Å². The monoisotopic (exact) mass is 279 g/mol. The van der Waals surface area contributed by atoms with E-state index < -0.39 is 0 Å². The molecular formula is C18H21N3. The van der Waals surface area contributed by atoms with Crippen LogP contribution in [0.1, 0.15) is 36.5 Å². The number of aryl methyl sites for hydroxylation is 1. The van der Waals surface area contributed by atoms with E-state index in [0.29, 0.717) is 11.9 Å². The highest BCUT2D eigenvalue weighted by molar-refractivity contribution is 5.79. The lowest BCUT2D eigenvalue weighted by Gasteiger charge is -2.09. The Morgan fingerprint density at radius 3 is 2.48 bits per heavy atom. The normalized spacial score (nSPS) is 11.4. The van der Waals surface area contributed by atoms with Crippen LogP contribution in [0.25, 0.3) is 11.0 Å². The van der Waals surface area contributed by atoms with Gasteiger partial charge in [-0.05, 0) is 41.7 Å². The lowest BCUT2D eigenvalue weighted by molar-refractivity contribution is 0.830. The number of anilines is 1. The molecule has 0 aliphatic carbocycles. The average Bonchev–Trinajstić information content (AvgIpc) is 2.75. The summed E-state index contributed by atoms with van der Waals surface area (Å²) in [6.45, 7) is 7.24. The molecule has 108 valence electrons. The van der Waals surface area contributed by atoms with Gasteiger partial charge in [0.05, 0.1) is 17.6 Å². The molecule has 0 saturated carbocycles. The van der Waals surface area contributed by atoms with E-state index in [1.807, 2.05) is 0 Å². The number of rotatable bonds is 3. The van der Waals surface area contributed by atoms with E-state index in [4.69, 9.17) is 5.73 Å². The third-order valence-electron chi connectivity index (χ3n) is 3.92. The molecule has 3 rings (SSSR count). The molecule has 2 aromatic carbocycles. The molecular weight excluding hydrogens is 258 g/mol. The molecule has 0 atom stereocenters. The van der Waals surface area contributed by atoms with Crippen molar-refractivity contribution in [3.8, 4) is 0 Å². The molecule has 0 aliphatic heterocycles. The van der Waals surface area contributed by atoms with E-state index in [1.54, 1.807) is 0 Å². The minimum Gasteiger partial charge on any atom is -0.369 e. The van der Waals surface area contributed by atoms with Crippen molar-refractivity contribution in [3.05, 3.63) is 59.2 Å². The van der Waals surface area contributed by atoms with Crippen molar-refractivity contribution in [1.29, 1.82) is 0 Å². The quantitative estimate of drug-likeness (QED) is 0.784. The number of imidazole rings is 1. The van der Waals surface area contributed by atoms with E-state index >= 15 is 0 Å². The number of hydrogen-bond acceptors (Lipinski definition) is 2. The standard InChI is InChI=1S/C18H21N3/c1-12(2)15-7-5-14(6-8-15)11-21-17-9-4-13(3)10-16(17)20-18(21)19/h4-10,12H,11H2,1-3H3,(H2,19,20). The molecule has 0 saturated heterocycles. The van der Waals surface area contributed by atoms with Gasteiger partial charge in [0.25, 0.3) is 0 Å². The summed E-state index contributed by atoms with van der Waals surface area (Å²) >= 11 is 0. The lowest BCUT2D eigenvalue weighted by atomic mass is 10.0. The topological polar surface area (TPSA) is 43.8 Å². The summed E-state index contributed by atoms with van der Waals surface area (Å²) in [5.41, 5.74) is 11.9. The molecule has 0 fully saturated rings. The van der Waals surface area contributed by atoms with Gasteiger partial charge in [-0.2, -0.15) is 0 Å². The number of nitrogen functional groups attached to an aromatic ring is 1. The molecule has 1 heterocycles. The molecule has 0 spiro atoms. The molecule has 0 unspecified atom stereocenters. The van der Waals surface area contributed by atoms with Crippen molar-refractivity contribution >= 4 is 17.0 Å². The van der Waals surface area contributed by atoms with Crippen molar-refractivity contribution in [3.63, 3.8) is 0 Å². The Morgan fingerprint density at radius 1 is 1.10 bits per heavy atom. The van der Waals surface area contributed by atoms with Gasteiger partial charge in [0.1, 0.15) is 0 Å². The Labute approximate surface area is 125 Å². The first-order valence-corrected chi connectivity index (χ1v) is 7.36. The van der Waals surface area contributed by atoms with Crippen LogP contribution in [0.4, 0.5) is 5.95 Å². The van der Waals surface area contributed by atoms with Gasteiger partial charge in [-0.15, -0.1) is 0 Å². The molecule has 0 bridgehead atoms. The lowest BCUT2D eigenvalue weighted by Crippen LogP contribution is -2.04. The highest BCUT2D eigenvalue weighted by atomic mass is 15.1. The van der Waals surface area contributed by atoms with Gasteiger partial charge in [-0.3, -0.25) is 0 Å². The number of aromatic nitrogens is 2. The molecule has 21 heavy (non-hydrogen) atoms. The van der Waals surface area contributed by atoms with Crippen LogP contribution in [0.2, 0.25) is 0 Å². The molecule has 2 N–H and O–H groups in total. The van der Waals surface area contributed by atoms with Crippen molar-refractivity contribution < 1.29 is 0 Å². The summed E-state index contributed by atoms with van der Waals surface area (Å²) in [6.07, 6.45) is 0. The van der Waals surface area contributed by atoms with Crippen molar-refractivity contribution in [2.45, 2.75) is 33.2 Å². The van der Waals surface area contributed by atoms with Gasteiger partial charge < -0.3 is 10.3 Å². The van der Waals surface area contributed by atoms with E-state index in [-0.39, 0.29) is 0 Å². The first kappa shape index (κ1) is 13.7. The van der Waals surface area contributed by atoms with Crippen LogP contribution in [-0.2, 0) is 6.54 Å². The van der Waals surface area contributed by atoms with Crippen LogP contribution in [0.15, 0.2) is 42.5 Å². The van der Waals surface area contributed by atoms with E-state index in [2.05, 4.69) is 72.8 Å². The van der Waals surface area contributed by atoms with Gasteiger partial charge in [0.2, 0.25) is 5.95 Å². The second kappa shape index (κ2) is 5.24. The predicted octanol–water partition coefficient (Wildman–Crippen LogP) is 4.10. The maximum atomic E-state index is 6.08. The summed E-state index contributed by atoms with van der Waals surface area (Å²) < 4.78 is 2.07. The summed E-state index contributed by atoms with van der Waals surface area (Å²) in [6, 6.07) is 15.0. The smallest absolute Gasteiger partial charge is 0.201 e. The third kappa shape index (κ3) is 2.64. The Kier molecular flexibility index (Phi) is 3.42. The van der Waals surface area contributed by atoms with Crippen LogP contribution in [0.5, 0.6) is 0 Å². The molecule has 0 amide bonds. The molecule has 3 nitrogen and oxygen atoms in total. The molecule has 3 heteroatoms. The highest BCUT2D eigenvalue weighted by Gasteiger charge is 2.09. The van der Waals surface area contributed by atoms with Gasteiger partial charge in [0, 0.05) is 0 Å². The molecule has 1 aromatic heterocycles. The summed E-state index contributed by atoms with van der Waals surface area (Å²) in [5.74, 6) is 1.13. The van der Waals surface area contributed by atoms with Crippen molar-refractivity contribution in [2.75, 3.05) is 5.73 Å². The second-order valence-corrected chi connectivity index (χ2v) is 5.94. The summed E-state index contributed by atoms with van der Waals surface area (Å²) in [4.78, 5) is 4.46.